The van der Waals surface area contributed by atoms with Crippen molar-refractivity contribution in [3.63, 3.8) is 0 Å². The molecule has 28 heavy (non-hydrogen) atoms. The van der Waals surface area contributed by atoms with Gasteiger partial charge in [-0.05, 0) is 17.7 Å². The van der Waals surface area contributed by atoms with Crippen LogP contribution in [0.1, 0.15) is 22.0 Å². The Morgan fingerprint density at radius 1 is 0.893 bits per heavy atom. The lowest BCUT2D eigenvalue weighted by Crippen LogP contribution is -2.31. The quantitative estimate of drug-likeness (QED) is 0.550. The largest absolute Gasteiger partial charge is 0.394 e. The molecule has 0 aliphatic carbocycles. The van der Waals surface area contributed by atoms with Crippen molar-refractivity contribution in [2.45, 2.75) is 6.04 Å². The summed E-state index contributed by atoms with van der Waals surface area (Å²) >= 11 is 0. The molecule has 1 aromatic heterocycles. The number of amides is 1. The fraction of sp³-hybridized carbons (Fsp3) is 0.0833. The van der Waals surface area contributed by atoms with Crippen molar-refractivity contribution < 1.29 is 9.90 Å². The highest BCUT2D eigenvalue weighted by Crippen LogP contribution is 2.25. The zero-order valence-corrected chi connectivity index (χ0v) is 15.2. The van der Waals surface area contributed by atoms with Crippen LogP contribution in [0, 0.1) is 0 Å². The number of carbonyl (C=O) groups is 1. The number of nitrogens with zero attached hydrogens (tertiary/aromatic N) is 1. The first kappa shape index (κ1) is 17.9. The molecule has 2 N–H and O–H groups in total. The van der Waals surface area contributed by atoms with Gasteiger partial charge in [-0.2, -0.15) is 0 Å². The first-order valence-electron chi connectivity index (χ1n) is 9.18. The van der Waals surface area contributed by atoms with Crippen LogP contribution < -0.4 is 5.32 Å². The molecule has 0 unspecified atom stereocenters. The van der Waals surface area contributed by atoms with E-state index >= 15 is 0 Å². The molecular weight excluding hydrogens is 348 g/mol. The zero-order valence-electron chi connectivity index (χ0n) is 15.2. The van der Waals surface area contributed by atoms with Crippen LogP contribution in [0.3, 0.4) is 0 Å². The zero-order chi connectivity index (χ0) is 19.3. The summed E-state index contributed by atoms with van der Waals surface area (Å²) in [5, 5.41) is 13.5. The average molecular weight is 368 g/mol. The van der Waals surface area contributed by atoms with Crippen LogP contribution in [-0.2, 0) is 0 Å². The number of rotatable bonds is 5. The van der Waals surface area contributed by atoms with E-state index in [-0.39, 0.29) is 12.5 Å². The fourth-order valence-corrected chi connectivity index (χ4v) is 3.28. The first-order valence-corrected chi connectivity index (χ1v) is 9.18. The molecule has 0 saturated heterocycles. The Balaban J connectivity index is 1.75. The Morgan fingerprint density at radius 3 is 2.25 bits per heavy atom. The molecule has 4 aromatic rings. The number of aliphatic hydroxyl groups excluding tert-OH is 1. The van der Waals surface area contributed by atoms with Crippen molar-refractivity contribution in [2.24, 2.45) is 0 Å². The smallest absolute Gasteiger partial charge is 0.252 e. The lowest BCUT2D eigenvalue weighted by molar-refractivity contribution is 0.0918. The van der Waals surface area contributed by atoms with Crippen LogP contribution in [0.4, 0.5) is 0 Å². The van der Waals surface area contributed by atoms with Crippen LogP contribution in [0.5, 0.6) is 0 Å². The number of hydrogen-bond acceptors (Lipinski definition) is 3. The third-order valence-electron chi connectivity index (χ3n) is 4.72. The number of aromatic nitrogens is 1. The second-order valence-corrected chi connectivity index (χ2v) is 6.56. The Kier molecular flexibility index (Phi) is 5.13. The number of aliphatic hydroxyl groups is 1. The summed E-state index contributed by atoms with van der Waals surface area (Å²) in [6, 6.07) is 28.2. The van der Waals surface area contributed by atoms with Crippen LogP contribution >= 0.6 is 0 Å². The molecule has 138 valence electrons. The van der Waals surface area contributed by atoms with E-state index in [0.29, 0.717) is 5.56 Å². The highest BCUT2D eigenvalue weighted by atomic mass is 16.3. The van der Waals surface area contributed by atoms with Gasteiger partial charge >= 0.3 is 0 Å². The van der Waals surface area contributed by atoms with Gasteiger partial charge in [0.05, 0.1) is 29.4 Å². The molecule has 4 heteroatoms. The Hall–Kier alpha value is -3.50. The molecule has 0 saturated carbocycles. The van der Waals surface area contributed by atoms with Crippen molar-refractivity contribution >= 4 is 16.8 Å². The number of para-hydroxylation sites is 1. The van der Waals surface area contributed by atoms with Crippen LogP contribution in [0.15, 0.2) is 91.0 Å². The summed E-state index contributed by atoms with van der Waals surface area (Å²) in [7, 11) is 0. The van der Waals surface area contributed by atoms with Crippen LogP contribution in [-0.4, -0.2) is 22.6 Å². The highest BCUT2D eigenvalue weighted by molar-refractivity contribution is 6.07. The third kappa shape index (κ3) is 3.63. The molecule has 0 spiro atoms. The monoisotopic (exact) mass is 368 g/mol. The molecule has 3 aromatic carbocycles. The van der Waals surface area contributed by atoms with E-state index in [1.807, 2.05) is 91.0 Å². The number of benzene rings is 3. The van der Waals surface area contributed by atoms with Gasteiger partial charge in [-0.3, -0.25) is 4.79 Å². The second-order valence-electron chi connectivity index (χ2n) is 6.56. The van der Waals surface area contributed by atoms with E-state index < -0.39 is 6.04 Å². The van der Waals surface area contributed by atoms with Gasteiger partial charge in [0.1, 0.15) is 0 Å². The maximum absolute atomic E-state index is 13.1. The minimum absolute atomic E-state index is 0.176. The van der Waals surface area contributed by atoms with Gasteiger partial charge in [0.15, 0.2) is 0 Å². The van der Waals surface area contributed by atoms with Crippen molar-refractivity contribution in [2.75, 3.05) is 6.61 Å². The standard InChI is InChI=1S/C24H20N2O2/c27-16-23(18-11-5-2-6-12-18)26-24(28)20-15-22(17-9-3-1-4-10-17)25-21-14-8-7-13-19(20)21/h1-15,23,27H,16H2,(H,26,28)/t23-/m0/s1. The molecule has 0 aliphatic rings. The normalized spacial score (nSPS) is 11.9. The molecule has 1 heterocycles. The van der Waals surface area contributed by atoms with E-state index in [9.17, 15) is 9.90 Å². The minimum Gasteiger partial charge on any atom is -0.394 e. The molecule has 0 radical (unpaired) electrons. The minimum atomic E-state index is -0.471. The van der Waals surface area contributed by atoms with E-state index in [2.05, 4.69) is 5.32 Å². The van der Waals surface area contributed by atoms with Gasteiger partial charge in [0.2, 0.25) is 0 Å². The first-order chi connectivity index (χ1) is 13.8. The number of carbonyl (C=O) groups excluding carboxylic acids is 1. The van der Waals surface area contributed by atoms with Crippen molar-refractivity contribution in [3.8, 4) is 11.3 Å². The van der Waals surface area contributed by atoms with E-state index in [1.165, 1.54) is 0 Å². The van der Waals surface area contributed by atoms with Crippen LogP contribution in [0.2, 0.25) is 0 Å². The summed E-state index contributed by atoms with van der Waals surface area (Å²) in [4.78, 5) is 17.9. The maximum Gasteiger partial charge on any atom is 0.252 e. The van der Waals surface area contributed by atoms with Gasteiger partial charge in [0, 0.05) is 10.9 Å². The SMILES string of the molecule is O=C(N[C@@H](CO)c1ccccc1)c1cc(-c2ccccc2)nc2ccccc12. The van der Waals surface area contributed by atoms with Gasteiger partial charge in [-0.25, -0.2) is 4.98 Å². The number of hydrogen-bond donors (Lipinski definition) is 2. The topological polar surface area (TPSA) is 62.2 Å². The number of nitrogens with one attached hydrogen (secondary N) is 1. The molecule has 4 nitrogen and oxygen atoms in total. The summed E-state index contributed by atoms with van der Waals surface area (Å²) in [5.41, 5.74) is 3.85. The lowest BCUT2D eigenvalue weighted by atomic mass is 10.0. The molecular formula is C24H20N2O2. The van der Waals surface area contributed by atoms with Gasteiger partial charge < -0.3 is 10.4 Å². The molecule has 0 aliphatic heterocycles. The Labute approximate surface area is 163 Å². The summed E-state index contributed by atoms with van der Waals surface area (Å²) in [6.07, 6.45) is 0. The second kappa shape index (κ2) is 8.03. The number of pyridine rings is 1. The summed E-state index contributed by atoms with van der Waals surface area (Å²) in [6.45, 7) is -0.176. The molecule has 0 bridgehead atoms. The van der Waals surface area contributed by atoms with Crippen molar-refractivity contribution in [1.82, 2.24) is 10.3 Å². The van der Waals surface area contributed by atoms with Gasteiger partial charge in [-0.1, -0.05) is 78.9 Å². The molecule has 1 atom stereocenters. The lowest BCUT2D eigenvalue weighted by Gasteiger charge is -2.18. The van der Waals surface area contributed by atoms with E-state index in [4.69, 9.17) is 4.98 Å². The molecule has 1 amide bonds. The fourth-order valence-electron chi connectivity index (χ4n) is 3.28. The predicted molar refractivity (Wildman–Crippen MR) is 111 cm³/mol. The predicted octanol–water partition coefficient (Wildman–Crippen LogP) is 4.37. The van der Waals surface area contributed by atoms with Crippen LogP contribution in [0.25, 0.3) is 22.2 Å². The average Bonchev–Trinajstić information content (AvgIpc) is 2.77. The van der Waals surface area contributed by atoms with Gasteiger partial charge in [0.25, 0.3) is 5.91 Å². The Bertz CT molecular complexity index is 1100. The highest BCUT2D eigenvalue weighted by Gasteiger charge is 2.18. The van der Waals surface area contributed by atoms with E-state index in [0.717, 1.165) is 27.7 Å². The molecule has 4 rings (SSSR count). The number of fused-ring (bicyclic) bond motifs is 1. The third-order valence-corrected chi connectivity index (χ3v) is 4.72. The summed E-state index contributed by atoms with van der Waals surface area (Å²) < 4.78 is 0. The van der Waals surface area contributed by atoms with Crippen molar-refractivity contribution in [1.29, 1.82) is 0 Å². The molecule has 0 fully saturated rings. The van der Waals surface area contributed by atoms with E-state index in [1.54, 1.807) is 0 Å². The Morgan fingerprint density at radius 2 is 1.54 bits per heavy atom. The van der Waals surface area contributed by atoms with Gasteiger partial charge in [-0.15, -0.1) is 0 Å². The summed E-state index contributed by atoms with van der Waals surface area (Å²) in [5.74, 6) is -0.237. The maximum atomic E-state index is 13.1. The van der Waals surface area contributed by atoms with Crippen molar-refractivity contribution in [3.05, 3.63) is 102 Å².